The van der Waals surface area contributed by atoms with Gasteiger partial charge in [-0.25, -0.2) is 0 Å². The van der Waals surface area contributed by atoms with Crippen LogP contribution < -0.4 is 5.32 Å². The first-order valence-corrected chi connectivity index (χ1v) is 6.45. The van der Waals surface area contributed by atoms with Gasteiger partial charge >= 0.3 is 6.18 Å². The van der Waals surface area contributed by atoms with Gasteiger partial charge in [0.1, 0.15) is 0 Å². The number of rotatable bonds is 3. The van der Waals surface area contributed by atoms with Gasteiger partial charge in [-0.2, -0.15) is 13.2 Å². The molecule has 96 valence electrons. The van der Waals surface area contributed by atoms with Crippen LogP contribution in [0, 0.1) is 0 Å². The summed E-state index contributed by atoms with van der Waals surface area (Å²) in [4.78, 5) is 0. The second-order valence-electron chi connectivity index (χ2n) is 3.41. The van der Waals surface area contributed by atoms with Crippen molar-refractivity contribution in [2.24, 2.45) is 0 Å². The number of hydrogen-bond donors (Lipinski definition) is 1. The fraction of sp³-hybridized carbons (Fsp3) is 0.200. The molecule has 0 bridgehead atoms. The molecular formula is C10H7BrF3N3S. The summed E-state index contributed by atoms with van der Waals surface area (Å²) in [5, 5.41) is 11.2. The van der Waals surface area contributed by atoms with Gasteiger partial charge in [0.15, 0.2) is 3.92 Å². The van der Waals surface area contributed by atoms with Crippen LogP contribution in [0.15, 0.2) is 28.2 Å². The van der Waals surface area contributed by atoms with E-state index in [0.29, 0.717) is 15.6 Å². The lowest BCUT2D eigenvalue weighted by Crippen LogP contribution is -2.05. The quantitative estimate of drug-likeness (QED) is 0.921. The van der Waals surface area contributed by atoms with Crippen LogP contribution in [0.1, 0.15) is 11.1 Å². The summed E-state index contributed by atoms with van der Waals surface area (Å²) < 4.78 is 37.7. The summed E-state index contributed by atoms with van der Waals surface area (Å²) in [6.07, 6.45) is -4.30. The standard InChI is InChI=1S/C10H7BrF3N3S/c11-8-16-17-9(18-8)15-5-6-1-3-7(4-2-6)10(12,13)14/h1-4H,5H2,(H,15,17). The molecule has 0 aliphatic rings. The minimum atomic E-state index is -4.30. The molecular weight excluding hydrogens is 331 g/mol. The Hall–Kier alpha value is -1.15. The van der Waals surface area contributed by atoms with Crippen molar-refractivity contribution in [3.05, 3.63) is 39.3 Å². The van der Waals surface area contributed by atoms with E-state index in [9.17, 15) is 13.2 Å². The van der Waals surface area contributed by atoms with Crippen molar-refractivity contribution in [2.45, 2.75) is 12.7 Å². The lowest BCUT2D eigenvalue weighted by Gasteiger charge is -2.07. The third-order valence-electron chi connectivity index (χ3n) is 2.13. The Morgan fingerprint density at radius 3 is 2.33 bits per heavy atom. The first-order valence-electron chi connectivity index (χ1n) is 4.84. The molecule has 0 radical (unpaired) electrons. The van der Waals surface area contributed by atoms with Crippen LogP contribution in [0.4, 0.5) is 18.3 Å². The number of benzene rings is 1. The molecule has 0 aliphatic heterocycles. The van der Waals surface area contributed by atoms with Crippen molar-refractivity contribution < 1.29 is 13.2 Å². The predicted molar refractivity (Wildman–Crippen MR) is 66.4 cm³/mol. The zero-order chi connectivity index (χ0) is 13.2. The van der Waals surface area contributed by atoms with E-state index in [1.807, 2.05) is 0 Å². The van der Waals surface area contributed by atoms with Crippen LogP contribution in [0.3, 0.4) is 0 Å². The minimum Gasteiger partial charge on any atom is -0.356 e. The van der Waals surface area contributed by atoms with Crippen LogP contribution in [-0.2, 0) is 12.7 Å². The van der Waals surface area contributed by atoms with Crippen molar-refractivity contribution in [3.8, 4) is 0 Å². The van der Waals surface area contributed by atoms with Crippen LogP contribution in [-0.4, -0.2) is 10.2 Å². The van der Waals surface area contributed by atoms with Crippen molar-refractivity contribution in [1.29, 1.82) is 0 Å². The average molecular weight is 338 g/mol. The van der Waals surface area contributed by atoms with Crippen molar-refractivity contribution in [2.75, 3.05) is 5.32 Å². The van der Waals surface area contributed by atoms with Crippen molar-refractivity contribution in [1.82, 2.24) is 10.2 Å². The molecule has 0 saturated heterocycles. The molecule has 0 saturated carbocycles. The van der Waals surface area contributed by atoms with Crippen molar-refractivity contribution in [3.63, 3.8) is 0 Å². The lowest BCUT2D eigenvalue weighted by molar-refractivity contribution is -0.137. The lowest BCUT2D eigenvalue weighted by atomic mass is 10.1. The highest BCUT2D eigenvalue weighted by Crippen LogP contribution is 2.29. The van der Waals surface area contributed by atoms with E-state index in [-0.39, 0.29) is 0 Å². The maximum atomic E-state index is 12.3. The van der Waals surface area contributed by atoms with E-state index >= 15 is 0 Å². The highest BCUT2D eigenvalue weighted by atomic mass is 79.9. The fourth-order valence-electron chi connectivity index (χ4n) is 1.27. The molecule has 1 aromatic heterocycles. The summed E-state index contributed by atoms with van der Waals surface area (Å²) in [5.74, 6) is 0. The van der Waals surface area contributed by atoms with E-state index in [4.69, 9.17) is 0 Å². The van der Waals surface area contributed by atoms with Gasteiger partial charge < -0.3 is 5.32 Å². The Labute approximate surface area is 113 Å². The maximum absolute atomic E-state index is 12.3. The first kappa shape index (κ1) is 13.3. The summed E-state index contributed by atoms with van der Waals surface area (Å²) >= 11 is 4.49. The van der Waals surface area contributed by atoms with Gasteiger partial charge in [0.05, 0.1) is 5.56 Å². The normalized spacial score (nSPS) is 11.6. The van der Waals surface area contributed by atoms with Gasteiger partial charge in [0.2, 0.25) is 5.13 Å². The number of hydrogen-bond acceptors (Lipinski definition) is 4. The first-order chi connectivity index (χ1) is 8.45. The Kier molecular flexibility index (Phi) is 3.86. The van der Waals surface area contributed by atoms with Gasteiger partial charge in [-0.3, -0.25) is 0 Å². The molecule has 18 heavy (non-hydrogen) atoms. The van der Waals surface area contributed by atoms with Gasteiger partial charge in [-0.1, -0.05) is 23.5 Å². The monoisotopic (exact) mass is 337 g/mol. The summed E-state index contributed by atoms with van der Waals surface area (Å²) in [6, 6.07) is 5.00. The Balaban J connectivity index is 1.98. The second kappa shape index (κ2) is 5.23. The number of halogens is 4. The zero-order valence-electron chi connectivity index (χ0n) is 8.83. The summed E-state index contributed by atoms with van der Waals surface area (Å²) in [6.45, 7) is 0.403. The minimum absolute atomic E-state index is 0.403. The fourth-order valence-corrected chi connectivity index (χ4v) is 2.27. The molecule has 0 atom stereocenters. The summed E-state index contributed by atoms with van der Waals surface area (Å²) in [5.41, 5.74) is 0.0965. The second-order valence-corrected chi connectivity index (χ2v) is 5.66. The highest BCUT2D eigenvalue weighted by Gasteiger charge is 2.29. The van der Waals surface area contributed by atoms with Gasteiger partial charge in [-0.05, 0) is 33.6 Å². The smallest absolute Gasteiger partial charge is 0.356 e. The SMILES string of the molecule is FC(F)(F)c1ccc(CNc2nnc(Br)s2)cc1. The molecule has 2 rings (SSSR count). The van der Waals surface area contributed by atoms with Gasteiger partial charge in [0.25, 0.3) is 0 Å². The van der Waals surface area contributed by atoms with Gasteiger partial charge in [-0.15, -0.1) is 10.2 Å². The Morgan fingerprint density at radius 1 is 1.17 bits per heavy atom. The predicted octanol–water partition coefficient (Wildman–Crippen LogP) is 3.93. The summed E-state index contributed by atoms with van der Waals surface area (Å²) in [7, 11) is 0. The zero-order valence-corrected chi connectivity index (χ0v) is 11.2. The van der Waals surface area contributed by atoms with E-state index in [1.54, 1.807) is 0 Å². The number of nitrogens with zero attached hydrogens (tertiary/aromatic N) is 2. The van der Waals surface area contributed by atoms with E-state index < -0.39 is 11.7 Å². The molecule has 0 unspecified atom stereocenters. The number of aromatic nitrogens is 2. The molecule has 1 heterocycles. The average Bonchev–Trinajstić information content (AvgIpc) is 2.72. The maximum Gasteiger partial charge on any atom is 0.416 e. The molecule has 1 N–H and O–H groups in total. The van der Waals surface area contributed by atoms with E-state index in [1.165, 1.54) is 23.5 Å². The molecule has 8 heteroatoms. The van der Waals surface area contributed by atoms with E-state index in [2.05, 4.69) is 31.4 Å². The Morgan fingerprint density at radius 2 is 1.83 bits per heavy atom. The van der Waals surface area contributed by atoms with Gasteiger partial charge in [0, 0.05) is 6.54 Å². The molecule has 0 fully saturated rings. The van der Waals surface area contributed by atoms with E-state index in [0.717, 1.165) is 17.7 Å². The van der Waals surface area contributed by atoms with Crippen LogP contribution in [0.25, 0.3) is 0 Å². The van der Waals surface area contributed by atoms with Crippen LogP contribution in [0.5, 0.6) is 0 Å². The van der Waals surface area contributed by atoms with Crippen LogP contribution >= 0.6 is 27.3 Å². The highest BCUT2D eigenvalue weighted by molar-refractivity contribution is 9.11. The number of anilines is 1. The topological polar surface area (TPSA) is 37.8 Å². The Bertz CT molecular complexity index is 524. The molecule has 1 aromatic carbocycles. The molecule has 2 aromatic rings. The van der Waals surface area contributed by atoms with Crippen LogP contribution in [0.2, 0.25) is 0 Å². The number of nitrogens with one attached hydrogen (secondary N) is 1. The molecule has 0 spiro atoms. The third-order valence-corrected chi connectivity index (χ3v) is 3.44. The van der Waals surface area contributed by atoms with Crippen molar-refractivity contribution >= 4 is 32.4 Å². The largest absolute Gasteiger partial charge is 0.416 e. The number of alkyl halides is 3. The third kappa shape index (κ3) is 3.42. The molecule has 0 amide bonds. The molecule has 3 nitrogen and oxygen atoms in total. The molecule has 0 aliphatic carbocycles.